The third-order valence-electron chi connectivity index (χ3n) is 7.20. The molecule has 0 amide bonds. The van der Waals surface area contributed by atoms with Crippen molar-refractivity contribution in [1.29, 1.82) is 0 Å². The Balaban J connectivity index is 0.00000205. The van der Waals surface area contributed by atoms with Crippen LogP contribution in [0, 0.1) is 12.7 Å². The van der Waals surface area contributed by atoms with Crippen molar-refractivity contribution in [1.82, 2.24) is 4.57 Å². The van der Waals surface area contributed by atoms with Gasteiger partial charge < -0.3 is 4.57 Å². The smallest absolute Gasteiger partial charge is 0.130 e. The fourth-order valence-electron chi connectivity index (χ4n) is 5.48. The van der Waals surface area contributed by atoms with Crippen molar-refractivity contribution in [2.75, 3.05) is 0 Å². The lowest BCUT2D eigenvalue weighted by atomic mass is 9.85. The zero-order chi connectivity index (χ0) is 28.9. The quantitative estimate of drug-likeness (QED) is 0.207. The van der Waals surface area contributed by atoms with E-state index in [2.05, 4.69) is 68.3 Å². The standard InChI is InChI=1S/C34H37FN2.C2H6/c1-9-12-14-27-23(7)15-24(8)34-33(27)29-17-25(13-10-2)22(6)16-32(29)37(34)20-26-18-28(21(4)5)31(36-11-3)19-30(26)35;1-2/h9,11-12,14,16-19H,1,4,8,10,13,15,20H2,2-3,5-7H3;1-2H3/b14-12-,36-11?;. The Labute approximate surface area is 234 Å². The maximum Gasteiger partial charge on any atom is 0.130 e. The van der Waals surface area contributed by atoms with Gasteiger partial charge in [0.1, 0.15) is 5.82 Å². The van der Waals surface area contributed by atoms with E-state index in [0.29, 0.717) is 17.8 Å². The first-order valence-electron chi connectivity index (χ1n) is 14.0. The molecule has 4 rings (SSSR count). The molecule has 1 heterocycles. The molecule has 2 nitrogen and oxygen atoms in total. The van der Waals surface area contributed by atoms with E-state index in [0.717, 1.165) is 47.2 Å². The second-order valence-corrected chi connectivity index (χ2v) is 10.1. The highest BCUT2D eigenvalue weighted by molar-refractivity contribution is 6.04. The summed E-state index contributed by atoms with van der Waals surface area (Å²) in [6.45, 7) is 27.2. The monoisotopic (exact) mass is 522 g/mol. The first-order chi connectivity index (χ1) is 18.7. The topological polar surface area (TPSA) is 17.3 Å². The summed E-state index contributed by atoms with van der Waals surface area (Å²) in [6, 6.07) is 8.04. The number of halogens is 1. The predicted octanol–water partition coefficient (Wildman–Crippen LogP) is 10.8. The van der Waals surface area contributed by atoms with Gasteiger partial charge in [-0.25, -0.2) is 4.39 Å². The van der Waals surface area contributed by atoms with Crippen LogP contribution in [0.3, 0.4) is 0 Å². The number of rotatable bonds is 8. The average Bonchev–Trinajstić information content (AvgIpc) is 3.20. The zero-order valence-electron chi connectivity index (χ0n) is 24.8. The summed E-state index contributed by atoms with van der Waals surface area (Å²) in [6.07, 6.45) is 10.5. The van der Waals surface area contributed by atoms with E-state index in [1.165, 1.54) is 39.3 Å². The zero-order valence-corrected chi connectivity index (χ0v) is 24.8. The number of aliphatic imine (C=N–C) groups is 1. The van der Waals surface area contributed by atoms with E-state index in [9.17, 15) is 0 Å². The lowest BCUT2D eigenvalue weighted by Crippen LogP contribution is -2.10. The average molecular weight is 523 g/mol. The highest BCUT2D eigenvalue weighted by Crippen LogP contribution is 2.45. The Bertz CT molecular complexity index is 1520. The molecule has 0 fully saturated rings. The summed E-state index contributed by atoms with van der Waals surface area (Å²) < 4.78 is 17.8. The van der Waals surface area contributed by atoms with Gasteiger partial charge in [0, 0.05) is 39.9 Å². The second kappa shape index (κ2) is 12.9. The maximum absolute atomic E-state index is 15.5. The van der Waals surface area contributed by atoms with Crippen molar-refractivity contribution in [3.8, 4) is 0 Å². The molecule has 0 atom stereocenters. The van der Waals surface area contributed by atoms with Crippen LogP contribution in [0.4, 0.5) is 10.1 Å². The third kappa shape index (κ3) is 5.83. The van der Waals surface area contributed by atoms with Gasteiger partial charge in [-0.2, -0.15) is 0 Å². The molecule has 39 heavy (non-hydrogen) atoms. The van der Waals surface area contributed by atoms with E-state index in [4.69, 9.17) is 0 Å². The number of benzene rings is 2. The molecule has 1 aliphatic rings. The number of aryl methyl sites for hydroxylation is 2. The molecule has 3 heteroatoms. The van der Waals surface area contributed by atoms with Crippen LogP contribution in [0.15, 0.2) is 72.8 Å². The molecular weight excluding hydrogens is 479 g/mol. The first kappa shape index (κ1) is 29.8. The number of nitrogens with zero attached hydrogens (tertiary/aromatic N) is 2. The molecule has 2 aromatic carbocycles. The Kier molecular flexibility index (Phi) is 9.86. The van der Waals surface area contributed by atoms with Crippen molar-refractivity contribution in [3.63, 3.8) is 0 Å². The van der Waals surface area contributed by atoms with E-state index in [1.807, 2.05) is 45.9 Å². The normalized spacial score (nSPS) is 13.3. The summed E-state index contributed by atoms with van der Waals surface area (Å²) in [5, 5.41) is 1.20. The molecule has 0 unspecified atom stereocenters. The van der Waals surface area contributed by atoms with Crippen molar-refractivity contribution in [2.45, 2.75) is 74.3 Å². The van der Waals surface area contributed by atoms with Crippen LogP contribution < -0.4 is 0 Å². The Morgan fingerprint density at radius 3 is 2.46 bits per heavy atom. The molecule has 0 aliphatic heterocycles. The molecular formula is C36H43FN2. The van der Waals surface area contributed by atoms with Crippen molar-refractivity contribution >= 4 is 39.5 Å². The Hall–Kier alpha value is -3.72. The van der Waals surface area contributed by atoms with Crippen LogP contribution in [0.5, 0.6) is 0 Å². The van der Waals surface area contributed by atoms with Gasteiger partial charge in [0.15, 0.2) is 0 Å². The fourth-order valence-corrected chi connectivity index (χ4v) is 5.48. The van der Waals surface area contributed by atoms with Crippen LogP contribution in [0.25, 0.3) is 27.6 Å². The lowest BCUT2D eigenvalue weighted by molar-refractivity contribution is 0.601. The molecule has 204 valence electrons. The highest BCUT2D eigenvalue weighted by Gasteiger charge is 2.27. The summed E-state index contributed by atoms with van der Waals surface area (Å²) in [5.41, 5.74) is 12.5. The van der Waals surface area contributed by atoms with Crippen LogP contribution in [-0.4, -0.2) is 10.8 Å². The summed E-state index contributed by atoms with van der Waals surface area (Å²) in [4.78, 5) is 4.38. The van der Waals surface area contributed by atoms with Crippen LogP contribution in [0.1, 0.15) is 87.9 Å². The third-order valence-corrected chi connectivity index (χ3v) is 7.20. The van der Waals surface area contributed by atoms with Gasteiger partial charge in [0.25, 0.3) is 0 Å². The number of aromatic nitrogens is 1. The molecule has 1 aromatic heterocycles. The SMILES string of the molecule is C=C/C=C\C1=C(C)CC(=C)c2c1c1cc(CCC)c(C)cc1n2Cc1cc(C(=C)C)c(N=CC)cc1F.CC. The second-order valence-electron chi connectivity index (χ2n) is 10.1. The summed E-state index contributed by atoms with van der Waals surface area (Å²) in [5.74, 6) is -0.263. The van der Waals surface area contributed by atoms with Crippen LogP contribution in [0.2, 0.25) is 0 Å². The van der Waals surface area contributed by atoms with Crippen LogP contribution >= 0.6 is 0 Å². The highest BCUT2D eigenvalue weighted by atomic mass is 19.1. The van der Waals surface area contributed by atoms with Gasteiger partial charge in [-0.1, -0.05) is 70.7 Å². The minimum absolute atomic E-state index is 0.263. The van der Waals surface area contributed by atoms with Gasteiger partial charge in [-0.05, 0) is 86.6 Å². The number of fused-ring (bicyclic) bond motifs is 3. The fraction of sp³-hybridized carbons (Fsp3) is 0.306. The molecule has 0 bridgehead atoms. The van der Waals surface area contributed by atoms with Gasteiger partial charge in [-0.3, -0.25) is 4.99 Å². The molecule has 1 aliphatic carbocycles. The van der Waals surface area contributed by atoms with Gasteiger partial charge in [0.2, 0.25) is 0 Å². The van der Waals surface area contributed by atoms with Crippen molar-refractivity contribution in [3.05, 3.63) is 107 Å². The predicted molar refractivity (Wildman–Crippen MR) is 172 cm³/mol. The maximum atomic E-state index is 15.5. The van der Waals surface area contributed by atoms with Gasteiger partial charge in [-0.15, -0.1) is 0 Å². The molecule has 0 spiro atoms. The number of hydrogen-bond acceptors (Lipinski definition) is 1. The molecule has 0 saturated carbocycles. The summed E-state index contributed by atoms with van der Waals surface area (Å²) in [7, 11) is 0. The number of hydrogen-bond donors (Lipinski definition) is 0. The minimum Gasteiger partial charge on any atom is -0.336 e. The molecule has 0 N–H and O–H groups in total. The largest absolute Gasteiger partial charge is 0.336 e. The van der Waals surface area contributed by atoms with E-state index in [-0.39, 0.29) is 5.82 Å². The van der Waals surface area contributed by atoms with E-state index in [1.54, 1.807) is 6.21 Å². The Morgan fingerprint density at radius 2 is 1.85 bits per heavy atom. The summed E-state index contributed by atoms with van der Waals surface area (Å²) >= 11 is 0. The van der Waals surface area contributed by atoms with Crippen LogP contribution in [-0.2, 0) is 13.0 Å². The number of allylic oxidation sites excluding steroid dienone is 7. The molecule has 3 aromatic rings. The van der Waals surface area contributed by atoms with Crippen molar-refractivity contribution in [2.24, 2.45) is 4.99 Å². The van der Waals surface area contributed by atoms with E-state index < -0.39 is 0 Å². The molecule has 0 radical (unpaired) electrons. The first-order valence-corrected chi connectivity index (χ1v) is 14.0. The minimum atomic E-state index is -0.263. The van der Waals surface area contributed by atoms with Crippen molar-refractivity contribution < 1.29 is 4.39 Å². The Morgan fingerprint density at radius 1 is 1.13 bits per heavy atom. The van der Waals surface area contributed by atoms with Gasteiger partial charge >= 0.3 is 0 Å². The molecule has 0 saturated heterocycles. The van der Waals surface area contributed by atoms with Gasteiger partial charge in [0.05, 0.1) is 17.9 Å². The van der Waals surface area contributed by atoms with E-state index >= 15 is 4.39 Å². The lowest BCUT2D eigenvalue weighted by Gasteiger charge is -2.22.